The summed E-state index contributed by atoms with van der Waals surface area (Å²) in [6, 6.07) is 16.3. The van der Waals surface area contributed by atoms with Crippen molar-refractivity contribution in [2.45, 2.75) is 19.4 Å². The van der Waals surface area contributed by atoms with E-state index in [4.69, 9.17) is 28.3 Å². The Morgan fingerprint density at radius 1 is 1.00 bits per heavy atom. The molecule has 0 saturated carbocycles. The highest BCUT2D eigenvalue weighted by Gasteiger charge is 2.19. The van der Waals surface area contributed by atoms with Crippen LogP contribution in [0.4, 0.5) is 0 Å². The van der Waals surface area contributed by atoms with Crippen molar-refractivity contribution in [2.24, 2.45) is 5.10 Å². The third-order valence-corrected chi connectivity index (χ3v) is 4.30. The summed E-state index contributed by atoms with van der Waals surface area (Å²) in [5.74, 6) is 0.707. The molecule has 2 nitrogen and oxygen atoms in total. The second-order valence-corrected chi connectivity index (χ2v) is 6.21. The van der Waals surface area contributed by atoms with Crippen LogP contribution in [0.2, 0.25) is 5.02 Å². The fourth-order valence-electron chi connectivity index (χ4n) is 2.66. The van der Waals surface area contributed by atoms with Crippen LogP contribution in [-0.4, -0.2) is 23.1 Å². The first-order valence-corrected chi connectivity index (χ1v) is 8.43. The Balaban J connectivity index is 1.93. The van der Waals surface area contributed by atoms with Gasteiger partial charge < -0.3 is 0 Å². The van der Waals surface area contributed by atoms with E-state index in [1.165, 1.54) is 11.1 Å². The summed E-state index contributed by atoms with van der Waals surface area (Å²) in [6.07, 6.45) is 2.08. The Bertz CT molecular complexity index is 665. The van der Waals surface area contributed by atoms with Crippen molar-refractivity contribution in [2.75, 3.05) is 12.4 Å². The van der Waals surface area contributed by atoms with Crippen LogP contribution >= 0.6 is 23.2 Å². The van der Waals surface area contributed by atoms with Gasteiger partial charge in [0.1, 0.15) is 0 Å². The van der Waals surface area contributed by atoms with E-state index in [0.29, 0.717) is 5.88 Å². The number of hydrazone groups is 1. The highest BCUT2D eigenvalue weighted by atomic mass is 35.5. The summed E-state index contributed by atoms with van der Waals surface area (Å²) in [6.45, 7) is 1.79. The lowest BCUT2D eigenvalue weighted by Gasteiger charge is -2.27. The predicted molar refractivity (Wildman–Crippen MR) is 93.9 cm³/mol. The molecule has 0 aromatic heterocycles. The predicted octanol–water partition coefficient (Wildman–Crippen LogP) is 4.93. The molecule has 114 valence electrons. The van der Waals surface area contributed by atoms with Crippen molar-refractivity contribution < 1.29 is 0 Å². The Labute approximate surface area is 141 Å². The summed E-state index contributed by atoms with van der Waals surface area (Å²) >= 11 is 11.8. The summed E-state index contributed by atoms with van der Waals surface area (Å²) in [4.78, 5) is 0. The van der Waals surface area contributed by atoms with E-state index in [1.54, 1.807) is 0 Å². The molecule has 0 spiro atoms. The maximum Gasteiger partial charge on any atom is 0.0979 e. The zero-order chi connectivity index (χ0) is 15.4. The molecule has 3 rings (SSSR count). The third kappa shape index (κ3) is 3.45. The highest BCUT2D eigenvalue weighted by Crippen LogP contribution is 2.24. The Kier molecular flexibility index (Phi) is 5.01. The van der Waals surface area contributed by atoms with Crippen molar-refractivity contribution in [1.29, 1.82) is 0 Å². The molecule has 1 heterocycles. The van der Waals surface area contributed by atoms with Crippen molar-refractivity contribution in [3.05, 3.63) is 70.2 Å². The van der Waals surface area contributed by atoms with Gasteiger partial charge in [0.05, 0.1) is 12.3 Å². The first-order valence-electron chi connectivity index (χ1n) is 7.51. The molecule has 0 N–H and O–H groups in total. The van der Waals surface area contributed by atoms with Crippen molar-refractivity contribution in [3.8, 4) is 0 Å². The molecule has 2 aromatic carbocycles. The van der Waals surface area contributed by atoms with Gasteiger partial charge in [0.15, 0.2) is 0 Å². The number of fused-ring (bicyclic) bond motifs is 1. The Hall–Kier alpha value is -1.51. The summed E-state index contributed by atoms with van der Waals surface area (Å²) in [5.41, 5.74) is 4.63. The van der Waals surface area contributed by atoms with E-state index >= 15 is 0 Å². The zero-order valence-electron chi connectivity index (χ0n) is 12.3. The van der Waals surface area contributed by atoms with Crippen LogP contribution in [0.1, 0.15) is 29.5 Å². The molecule has 22 heavy (non-hydrogen) atoms. The number of rotatable bonds is 5. The summed E-state index contributed by atoms with van der Waals surface area (Å²) in [7, 11) is 0. The third-order valence-electron chi connectivity index (χ3n) is 3.78. The largest absolute Gasteiger partial charge is 0.292 e. The standard InChI is InChI=1S/C18H18Cl2N2/c19-11-3-4-12-22-13-15-5-1-2-6-17(15)18(21-22)14-7-9-16(20)10-8-14/h1-2,5-10H,3-4,11-13H2. The Morgan fingerprint density at radius 2 is 1.77 bits per heavy atom. The van der Waals surface area contributed by atoms with Gasteiger partial charge in [0.25, 0.3) is 0 Å². The molecule has 0 atom stereocenters. The minimum Gasteiger partial charge on any atom is -0.292 e. The smallest absolute Gasteiger partial charge is 0.0979 e. The molecule has 1 aliphatic heterocycles. The highest BCUT2D eigenvalue weighted by molar-refractivity contribution is 6.30. The molecule has 0 unspecified atom stereocenters. The molecule has 1 aliphatic rings. The lowest BCUT2D eigenvalue weighted by Crippen LogP contribution is -2.27. The van der Waals surface area contributed by atoms with Crippen molar-refractivity contribution in [3.63, 3.8) is 0 Å². The number of benzene rings is 2. The quantitative estimate of drug-likeness (QED) is 0.560. The molecular formula is C18H18Cl2N2. The van der Waals surface area contributed by atoms with Gasteiger partial charge >= 0.3 is 0 Å². The van der Waals surface area contributed by atoms with Crippen LogP contribution in [0.25, 0.3) is 0 Å². The molecule has 0 bridgehead atoms. The number of halogens is 2. The molecule has 4 heteroatoms. The number of nitrogens with zero attached hydrogens (tertiary/aromatic N) is 2. The molecule has 2 aromatic rings. The minimum atomic E-state index is 0.707. The maximum absolute atomic E-state index is 6.00. The van der Waals surface area contributed by atoms with E-state index < -0.39 is 0 Å². The second kappa shape index (κ2) is 7.17. The monoisotopic (exact) mass is 332 g/mol. The van der Waals surface area contributed by atoms with E-state index in [0.717, 1.165) is 42.2 Å². The van der Waals surface area contributed by atoms with Crippen LogP contribution in [0, 0.1) is 0 Å². The molecule has 0 fully saturated rings. The van der Waals surface area contributed by atoms with Crippen LogP contribution < -0.4 is 0 Å². The van der Waals surface area contributed by atoms with E-state index in [1.807, 2.05) is 24.3 Å². The van der Waals surface area contributed by atoms with Gasteiger partial charge in [-0.3, -0.25) is 5.01 Å². The summed E-state index contributed by atoms with van der Waals surface area (Å²) in [5, 5.41) is 7.74. The fourth-order valence-corrected chi connectivity index (χ4v) is 2.97. The van der Waals surface area contributed by atoms with Gasteiger partial charge in [-0.1, -0.05) is 48.0 Å². The molecular weight excluding hydrogens is 315 g/mol. The van der Waals surface area contributed by atoms with Crippen LogP contribution in [0.5, 0.6) is 0 Å². The molecule has 0 saturated heterocycles. The second-order valence-electron chi connectivity index (χ2n) is 5.40. The first kappa shape index (κ1) is 15.4. The van der Waals surface area contributed by atoms with Crippen molar-refractivity contribution >= 4 is 28.9 Å². The first-order chi connectivity index (χ1) is 10.8. The lowest BCUT2D eigenvalue weighted by atomic mass is 9.96. The van der Waals surface area contributed by atoms with Crippen LogP contribution in [0.3, 0.4) is 0 Å². The maximum atomic E-state index is 6.00. The number of hydrogen-bond acceptors (Lipinski definition) is 2. The van der Waals surface area contributed by atoms with Gasteiger partial charge in [0.2, 0.25) is 0 Å². The fraction of sp³-hybridized carbons (Fsp3) is 0.278. The topological polar surface area (TPSA) is 15.6 Å². The number of hydrogen-bond donors (Lipinski definition) is 0. The zero-order valence-corrected chi connectivity index (χ0v) is 13.8. The SMILES string of the molecule is ClCCCCN1Cc2ccccc2C(c2ccc(Cl)cc2)=N1. The van der Waals surface area contributed by atoms with Gasteiger partial charge in [-0.25, -0.2) is 0 Å². The van der Waals surface area contributed by atoms with E-state index in [-0.39, 0.29) is 0 Å². The minimum absolute atomic E-state index is 0.707. The molecule has 0 aliphatic carbocycles. The normalized spacial score (nSPS) is 13.7. The van der Waals surface area contributed by atoms with Gasteiger partial charge in [-0.15, -0.1) is 11.6 Å². The van der Waals surface area contributed by atoms with E-state index in [2.05, 4.69) is 29.3 Å². The lowest BCUT2D eigenvalue weighted by molar-refractivity contribution is 0.271. The van der Waals surface area contributed by atoms with Gasteiger partial charge in [-0.2, -0.15) is 5.10 Å². The van der Waals surface area contributed by atoms with Crippen LogP contribution in [-0.2, 0) is 6.54 Å². The van der Waals surface area contributed by atoms with E-state index in [9.17, 15) is 0 Å². The Morgan fingerprint density at radius 3 is 2.55 bits per heavy atom. The van der Waals surface area contributed by atoms with Crippen molar-refractivity contribution in [1.82, 2.24) is 5.01 Å². The molecule has 0 amide bonds. The van der Waals surface area contributed by atoms with Crippen LogP contribution in [0.15, 0.2) is 53.6 Å². The van der Waals surface area contributed by atoms with Gasteiger partial charge in [0, 0.05) is 28.6 Å². The number of alkyl halides is 1. The average Bonchev–Trinajstić information content (AvgIpc) is 2.55. The number of unbranched alkanes of at least 4 members (excludes halogenated alkanes) is 1. The molecule has 0 radical (unpaired) electrons. The summed E-state index contributed by atoms with van der Waals surface area (Å²) < 4.78 is 0. The van der Waals surface area contributed by atoms with Gasteiger partial charge in [-0.05, 0) is 30.5 Å². The average molecular weight is 333 g/mol.